The molecule has 1 aliphatic rings. The lowest BCUT2D eigenvalue weighted by molar-refractivity contribution is -0.143. The highest BCUT2D eigenvalue weighted by atomic mass is 19.1. The van der Waals surface area contributed by atoms with E-state index < -0.39 is 11.5 Å². The Balaban J connectivity index is 2.17. The van der Waals surface area contributed by atoms with E-state index in [2.05, 4.69) is 5.32 Å². The van der Waals surface area contributed by atoms with Gasteiger partial charge >= 0.3 is 5.97 Å². The molecule has 92 valence electrons. The molecule has 0 unspecified atom stereocenters. The zero-order chi connectivity index (χ0) is 12.3. The summed E-state index contributed by atoms with van der Waals surface area (Å²) in [5, 5.41) is 12.4. The van der Waals surface area contributed by atoms with E-state index in [1.165, 1.54) is 12.1 Å². The average Bonchev–Trinajstić information content (AvgIpc) is 2.33. The first-order valence-corrected chi connectivity index (χ1v) is 5.90. The van der Waals surface area contributed by atoms with Gasteiger partial charge in [-0.25, -0.2) is 9.18 Å². The van der Waals surface area contributed by atoms with Gasteiger partial charge in [-0.2, -0.15) is 0 Å². The third kappa shape index (κ3) is 2.57. The van der Waals surface area contributed by atoms with E-state index in [-0.39, 0.29) is 5.82 Å². The van der Waals surface area contributed by atoms with Crippen molar-refractivity contribution < 1.29 is 14.3 Å². The van der Waals surface area contributed by atoms with Crippen molar-refractivity contribution in [3.05, 3.63) is 30.1 Å². The number of carboxylic acid groups (broad SMARTS) is 1. The molecule has 0 saturated heterocycles. The van der Waals surface area contributed by atoms with Crippen LogP contribution in [0.1, 0.15) is 32.1 Å². The van der Waals surface area contributed by atoms with Gasteiger partial charge < -0.3 is 10.4 Å². The van der Waals surface area contributed by atoms with Crippen molar-refractivity contribution >= 4 is 11.7 Å². The molecule has 1 fully saturated rings. The van der Waals surface area contributed by atoms with Crippen LogP contribution in [-0.2, 0) is 4.79 Å². The van der Waals surface area contributed by atoms with E-state index in [4.69, 9.17) is 0 Å². The van der Waals surface area contributed by atoms with E-state index in [0.717, 1.165) is 19.3 Å². The van der Waals surface area contributed by atoms with Gasteiger partial charge in [-0.3, -0.25) is 0 Å². The Labute approximate surface area is 99.7 Å². The minimum Gasteiger partial charge on any atom is -0.480 e. The zero-order valence-electron chi connectivity index (χ0n) is 9.58. The molecular formula is C13H16FNO2. The fourth-order valence-corrected chi connectivity index (χ4v) is 2.36. The molecule has 2 N–H and O–H groups in total. The van der Waals surface area contributed by atoms with Crippen molar-refractivity contribution in [1.82, 2.24) is 0 Å². The molecule has 1 aliphatic carbocycles. The van der Waals surface area contributed by atoms with Crippen molar-refractivity contribution in [3.8, 4) is 0 Å². The van der Waals surface area contributed by atoms with Crippen LogP contribution >= 0.6 is 0 Å². The molecule has 4 heteroatoms. The Morgan fingerprint density at radius 1 is 1.18 bits per heavy atom. The summed E-state index contributed by atoms with van der Waals surface area (Å²) in [5.74, 6) is -1.13. The first kappa shape index (κ1) is 11.9. The lowest BCUT2D eigenvalue weighted by atomic mass is 9.81. The van der Waals surface area contributed by atoms with Crippen LogP contribution in [0.2, 0.25) is 0 Å². The maximum atomic E-state index is 12.8. The molecular weight excluding hydrogens is 221 g/mol. The van der Waals surface area contributed by atoms with Crippen molar-refractivity contribution in [3.63, 3.8) is 0 Å². The minimum atomic E-state index is -0.879. The zero-order valence-corrected chi connectivity index (χ0v) is 9.58. The monoisotopic (exact) mass is 237 g/mol. The van der Waals surface area contributed by atoms with E-state index in [1.54, 1.807) is 12.1 Å². The van der Waals surface area contributed by atoms with Gasteiger partial charge in [0.25, 0.3) is 0 Å². The van der Waals surface area contributed by atoms with Gasteiger partial charge in [-0.15, -0.1) is 0 Å². The van der Waals surface area contributed by atoms with Crippen LogP contribution in [0.15, 0.2) is 24.3 Å². The van der Waals surface area contributed by atoms with Crippen LogP contribution in [0.25, 0.3) is 0 Å². The summed E-state index contributed by atoms with van der Waals surface area (Å²) >= 11 is 0. The number of aliphatic carboxylic acids is 1. The number of carboxylic acids is 1. The highest BCUT2D eigenvalue weighted by molar-refractivity contribution is 5.82. The minimum absolute atomic E-state index is 0.316. The quantitative estimate of drug-likeness (QED) is 0.849. The molecule has 1 aromatic rings. The largest absolute Gasteiger partial charge is 0.480 e. The van der Waals surface area contributed by atoms with E-state index in [9.17, 15) is 14.3 Å². The number of hydrogen-bond donors (Lipinski definition) is 2. The van der Waals surface area contributed by atoms with Gasteiger partial charge in [0.05, 0.1) is 0 Å². The van der Waals surface area contributed by atoms with Crippen LogP contribution in [0.5, 0.6) is 0 Å². The highest BCUT2D eigenvalue weighted by Crippen LogP contribution is 2.32. The van der Waals surface area contributed by atoms with Gasteiger partial charge in [-0.05, 0) is 37.1 Å². The molecule has 0 bridgehead atoms. The third-order valence-corrected chi connectivity index (χ3v) is 3.34. The third-order valence-electron chi connectivity index (χ3n) is 3.34. The van der Waals surface area contributed by atoms with E-state index in [0.29, 0.717) is 18.5 Å². The van der Waals surface area contributed by atoms with Crippen LogP contribution in [0.3, 0.4) is 0 Å². The van der Waals surface area contributed by atoms with Crippen LogP contribution in [0.4, 0.5) is 10.1 Å². The fraction of sp³-hybridized carbons (Fsp3) is 0.462. The van der Waals surface area contributed by atoms with E-state index in [1.807, 2.05) is 0 Å². The molecule has 0 radical (unpaired) electrons. The normalized spacial score (nSPS) is 18.6. The summed E-state index contributed by atoms with van der Waals surface area (Å²) in [4.78, 5) is 11.4. The van der Waals surface area contributed by atoms with Gasteiger partial charge in [-0.1, -0.05) is 19.3 Å². The standard InChI is InChI=1S/C13H16FNO2/c14-10-4-6-11(7-5-10)15-13(12(16)17)8-2-1-3-9-13/h4-7,15H,1-3,8-9H2,(H,16,17). The highest BCUT2D eigenvalue weighted by Gasteiger charge is 2.39. The molecule has 0 aliphatic heterocycles. The lowest BCUT2D eigenvalue weighted by Crippen LogP contribution is -2.47. The Morgan fingerprint density at radius 3 is 2.29 bits per heavy atom. The molecule has 3 nitrogen and oxygen atoms in total. The lowest BCUT2D eigenvalue weighted by Gasteiger charge is -2.34. The van der Waals surface area contributed by atoms with Crippen LogP contribution in [-0.4, -0.2) is 16.6 Å². The van der Waals surface area contributed by atoms with Crippen molar-refractivity contribution in [2.24, 2.45) is 0 Å². The molecule has 17 heavy (non-hydrogen) atoms. The number of rotatable bonds is 3. The second-order valence-corrected chi connectivity index (χ2v) is 4.58. The molecule has 1 saturated carbocycles. The molecule has 0 spiro atoms. The van der Waals surface area contributed by atoms with Gasteiger partial charge in [0.1, 0.15) is 11.4 Å². The Kier molecular flexibility index (Phi) is 3.31. The maximum absolute atomic E-state index is 12.8. The second kappa shape index (κ2) is 4.73. The summed E-state index contributed by atoms with van der Waals surface area (Å²) in [7, 11) is 0. The van der Waals surface area contributed by atoms with Gasteiger partial charge in [0, 0.05) is 5.69 Å². The SMILES string of the molecule is O=C(O)C1(Nc2ccc(F)cc2)CCCCC1. The first-order chi connectivity index (χ1) is 8.12. The van der Waals surface area contributed by atoms with E-state index >= 15 is 0 Å². The van der Waals surface area contributed by atoms with Crippen LogP contribution in [0, 0.1) is 5.82 Å². The van der Waals surface area contributed by atoms with Gasteiger partial charge in [0.2, 0.25) is 0 Å². The Hall–Kier alpha value is -1.58. The summed E-state index contributed by atoms with van der Waals surface area (Å²) < 4.78 is 12.8. The number of halogens is 1. The first-order valence-electron chi connectivity index (χ1n) is 5.90. The predicted octanol–water partition coefficient (Wildman–Crippen LogP) is 3.03. The Bertz CT molecular complexity index is 396. The summed E-state index contributed by atoms with van der Waals surface area (Å²) in [6, 6.07) is 5.82. The second-order valence-electron chi connectivity index (χ2n) is 4.58. The number of carbonyl (C=O) groups is 1. The summed E-state index contributed by atoms with van der Waals surface area (Å²) in [6.07, 6.45) is 4.17. The summed E-state index contributed by atoms with van der Waals surface area (Å²) in [5.41, 5.74) is -0.216. The van der Waals surface area contributed by atoms with Gasteiger partial charge in [0.15, 0.2) is 0 Å². The number of hydrogen-bond acceptors (Lipinski definition) is 2. The van der Waals surface area contributed by atoms with Crippen LogP contribution < -0.4 is 5.32 Å². The van der Waals surface area contributed by atoms with Crippen molar-refractivity contribution in [1.29, 1.82) is 0 Å². The van der Waals surface area contributed by atoms with Crippen molar-refractivity contribution in [2.75, 3.05) is 5.32 Å². The summed E-state index contributed by atoms with van der Waals surface area (Å²) in [6.45, 7) is 0. The smallest absolute Gasteiger partial charge is 0.329 e. The predicted molar refractivity (Wildman–Crippen MR) is 63.5 cm³/mol. The molecule has 0 heterocycles. The molecule has 0 atom stereocenters. The number of nitrogens with one attached hydrogen (secondary N) is 1. The molecule has 0 aromatic heterocycles. The maximum Gasteiger partial charge on any atom is 0.329 e. The number of anilines is 1. The number of benzene rings is 1. The topological polar surface area (TPSA) is 49.3 Å². The molecule has 0 amide bonds. The average molecular weight is 237 g/mol. The Morgan fingerprint density at radius 2 is 1.76 bits per heavy atom. The molecule has 1 aromatic carbocycles. The molecule has 2 rings (SSSR count). The van der Waals surface area contributed by atoms with Crippen molar-refractivity contribution in [2.45, 2.75) is 37.6 Å². The fourth-order valence-electron chi connectivity index (χ4n) is 2.36.